The van der Waals surface area contributed by atoms with Gasteiger partial charge in [0.1, 0.15) is 0 Å². The Kier molecular flexibility index (Phi) is 5.52. The van der Waals surface area contributed by atoms with E-state index in [4.69, 9.17) is 9.47 Å². The summed E-state index contributed by atoms with van der Waals surface area (Å²) in [4.78, 5) is 12.3. The standard InChI is InChI=1S/C24H28O3/c1-23(2,3)20-10-12-21(13-11-20)24(4)16-19(22(25)27-24)14-15-26-17-18-8-6-5-7-9-18/h5-13,16H,14-15,17H2,1-4H3. The fourth-order valence-electron chi connectivity index (χ4n) is 3.24. The molecule has 2 aromatic rings. The van der Waals surface area contributed by atoms with Gasteiger partial charge in [-0.1, -0.05) is 75.4 Å². The zero-order valence-electron chi connectivity index (χ0n) is 16.6. The van der Waals surface area contributed by atoms with Crippen LogP contribution in [0.2, 0.25) is 0 Å². The fraction of sp³-hybridized carbons (Fsp3) is 0.375. The Labute approximate surface area is 162 Å². The van der Waals surface area contributed by atoms with E-state index in [0.29, 0.717) is 25.2 Å². The maximum absolute atomic E-state index is 12.3. The number of rotatable bonds is 6. The summed E-state index contributed by atoms with van der Waals surface area (Å²) in [6, 6.07) is 18.4. The largest absolute Gasteiger partial charge is 0.447 e. The highest BCUT2D eigenvalue weighted by Crippen LogP contribution is 2.36. The monoisotopic (exact) mass is 364 g/mol. The third-order valence-electron chi connectivity index (χ3n) is 4.97. The van der Waals surface area contributed by atoms with Crippen LogP contribution in [0.5, 0.6) is 0 Å². The normalized spacial score (nSPS) is 19.7. The van der Waals surface area contributed by atoms with Crippen LogP contribution in [0.4, 0.5) is 0 Å². The van der Waals surface area contributed by atoms with Gasteiger partial charge in [0.25, 0.3) is 0 Å². The van der Waals surface area contributed by atoms with Crippen molar-refractivity contribution in [3.8, 4) is 0 Å². The molecule has 1 unspecified atom stereocenters. The van der Waals surface area contributed by atoms with Crippen molar-refractivity contribution >= 4 is 5.97 Å². The summed E-state index contributed by atoms with van der Waals surface area (Å²) in [5.41, 5.74) is 3.46. The maximum atomic E-state index is 12.3. The number of esters is 1. The average Bonchev–Trinajstić information content (AvgIpc) is 2.94. The molecule has 0 N–H and O–H groups in total. The maximum Gasteiger partial charge on any atom is 0.335 e. The van der Waals surface area contributed by atoms with E-state index in [0.717, 1.165) is 11.1 Å². The molecule has 0 saturated heterocycles. The lowest BCUT2D eigenvalue weighted by Crippen LogP contribution is -2.21. The number of hydrogen-bond donors (Lipinski definition) is 0. The van der Waals surface area contributed by atoms with Crippen LogP contribution >= 0.6 is 0 Å². The Balaban J connectivity index is 1.62. The molecule has 1 aliphatic heterocycles. The van der Waals surface area contributed by atoms with E-state index in [9.17, 15) is 4.79 Å². The summed E-state index contributed by atoms with van der Waals surface area (Å²) in [7, 11) is 0. The van der Waals surface area contributed by atoms with Gasteiger partial charge in [-0.3, -0.25) is 0 Å². The highest BCUT2D eigenvalue weighted by molar-refractivity contribution is 5.91. The summed E-state index contributed by atoms with van der Waals surface area (Å²) < 4.78 is 11.4. The Morgan fingerprint density at radius 2 is 1.67 bits per heavy atom. The quantitative estimate of drug-likeness (QED) is 0.516. The first-order valence-electron chi connectivity index (χ1n) is 9.46. The van der Waals surface area contributed by atoms with Crippen molar-refractivity contribution in [3.05, 3.63) is 82.9 Å². The topological polar surface area (TPSA) is 35.5 Å². The van der Waals surface area contributed by atoms with Gasteiger partial charge >= 0.3 is 5.97 Å². The van der Waals surface area contributed by atoms with Crippen LogP contribution in [0, 0.1) is 0 Å². The molecule has 0 fully saturated rings. The second-order valence-corrected chi connectivity index (χ2v) is 8.28. The van der Waals surface area contributed by atoms with Gasteiger partial charge in [-0.25, -0.2) is 4.79 Å². The third-order valence-corrected chi connectivity index (χ3v) is 4.97. The smallest absolute Gasteiger partial charge is 0.335 e. The molecular weight excluding hydrogens is 336 g/mol. The van der Waals surface area contributed by atoms with Crippen LogP contribution in [0.3, 0.4) is 0 Å². The van der Waals surface area contributed by atoms with E-state index in [-0.39, 0.29) is 11.4 Å². The minimum atomic E-state index is -0.706. The molecule has 3 rings (SSSR count). The molecule has 1 heterocycles. The van der Waals surface area contributed by atoms with E-state index in [1.807, 2.05) is 43.3 Å². The molecule has 0 bridgehead atoms. The zero-order valence-corrected chi connectivity index (χ0v) is 16.6. The van der Waals surface area contributed by atoms with E-state index in [1.165, 1.54) is 5.56 Å². The molecule has 142 valence electrons. The van der Waals surface area contributed by atoms with E-state index in [2.05, 4.69) is 45.0 Å². The molecule has 0 aliphatic carbocycles. The lowest BCUT2D eigenvalue weighted by atomic mass is 9.85. The van der Waals surface area contributed by atoms with Gasteiger partial charge in [-0.05, 0) is 35.1 Å². The molecule has 3 heteroatoms. The lowest BCUT2D eigenvalue weighted by molar-refractivity contribution is -0.146. The molecule has 2 aromatic carbocycles. The summed E-state index contributed by atoms with van der Waals surface area (Å²) in [6.07, 6.45) is 2.49. The highest BCUT2D eigenvalue weighted by atomic mass is 16.6. The summed E-state index contributed by atoms with van der Waals surface area (Å²) in [6.45, 7) is 9.55. The van der Waals surface area contributed by atoms with Gasteiger partial charge in [-0.2, -0.15) is 0 Å². The summed E-state index contributed by atoms with van der Waals surface area (Å²) in [5.74, 6) is -0.249. The lowest BCUT2D eigenvalue weighted by Gasteiger charge is -2.24. The van der Waals surface area contributed by atoms with Gasteiger partial charge in [-0.15, -0.1) is 0 Å². The number of ether oxygens (including phenoxy) is 2. The first kappa shape index (κ1) is 19.4. The van der Waals surface area contributed by atoms with Crippen LogP contribution in [0.15, 0.2) is 66.2 Å². The first-order valence-corrected chi connectivity index (χ1v) is 9.46. The van der Waals surface area contributed by atoms with Crippen molar-refractivity contribution in [2.45, 2.75) is 51.7 Å². The van der Waals surface area contributed by atoms with Crippen molar-refractivity contribution < 1.29 is 14.3 Å². The van der Waals surface area contributed by atoms with Gasteiger partial charge < -0.3 is 9.47 Å². The van der Waals surface area contributed by atoms with Gasteiger partial charge in [0, 0.05) is 12.0 Å². The second kappa shape index (κ2) is 7.69. The minimum Gasteiger partial charge on any atom is -0.447 e. The van der Waals surface area contributed by atoms with Crippen molar-refractivity contribution in [2.75, 3.05) is 6.61 Å². The molecular formula is C24H28O3. The molecule has 1 atom stereocenters. The van der Waals surface area contributed by atoms with E-state index < -0.39 is 5.60 Å². The van der Waals surface area contributed by atoms with Crippen molar-refractivity contribution in [1.29, 1.82) is 0 Å². The van der Waals surface area contributed by atoms with Crippen molar-refractivity contribution in [2.24, 2.45) is 0 Å². The van der Waals surface area contributed by atoms with Crippen LogP contribution in [-0.2, 0) is 31.9 Å². The Morgan fingerprint density at radius 3 is 2.30 bits per heavy atom. The number of carbonyl (C=O) groups is 1. The molecule has 0 aromatic heterocycles. The average molecular weight is 364 g/mol. The van der Waals surface area contributed by atoms with Crippen LogP contribution in [0.25, 0.3) is 0 Å². The van der Waals surface area contributed by atoms with E-state index in [1.54, 1.807) is 0 Å². The molecule has 0 spiro atoms. The Bertz CT molecular complexity index is 813. The number of cyclic esters (lactones) is 1. The molecule has 0 amide bonds. The number of benzene rings is 2. The van der Waals surface area contributed by atoms with Crippen LogP contribution < -0.4 is 0 Å². The highest BCUT2D eigenvalue weighted by Gasteiger charge is 2.37. The predicted molar refractivity (Wildman–Crippen MR) is 107 cm³/mol. The Hall–Kier alpha value is -2.39. The molecule has 0 radical (unpaired) electrons. The SMILES string of the molecule is CC(C)(C)c1ccc(C2(C)C=C(CCOCc3ccccc3)C(=O)O2)cc1. The van der Waals surface area contributed by atoms with E-state index >= 15 is 0 Å². The number of hydrogen-bond acceptors (Lipinski definition) is 3. The summed E-state index contributed by atoms with van der Waals surface area (Å²) >= 11 is 0. The van der Waals surface area contributed by atoms with Crippen molar-refractivity contribution in [3.63, 3.8) is 0 Å². The molecule has 27 heavy (non-hydrogen) atoms. The van der Waals surface area contributed by atoms with Crippen molar-refractivity contribution in [1.82, 2.24) is 0 Å². The van der Waals surface area contributed by atoms with Gasteiger partial charge in [0.05, 0.1) is 13.2 Å². The first-order chi connectivity index (χ1) is 12.8. The fourth-order valence-corrected chi connectivity index (χ4v) is 3.24. The summed E-state index contributed by atoms with van der Waals surface area (Å²) in [5, 5.41) is 0. The molecule has 0 saturated carbocycles. The second-order valence-electron chi connectivity index (χ2n) is 8.28. The Morgan fingerprint density at radius 1 is 1.00 bits per heavy atom. The zero-order chi connectivity index (χ0) is 19.5. The third kappa shape index (κ3) is 4.67. The number of carbonyl (C=O) groups excluding carboxylic acids is 1. The van der Waals surface area contributed by atoms with Gasteiger partial charge in [0.15, 0.2) is 5.60 Å². The van der Waals surface area contributed by atoms with Crippen LogP contribution in [0.1, 0.15) is 50.8 Å². The molecule has 1 aliphatic rings. The molecule has 3 nitrogen and oxygen atoms in total. The predicted octanol–water partition coefficient (Wildman–Crippen LogP) is 5.29. The van der Waals surface area contributed by atoms with Gasteiger partial charge in [0.2, 0.25) is 0 Å². The minimum absolute atomic E-state index is 0.100. The van der Waals surface area contributed by atoms with Crippen LogP contribution in [-0.4, -0.2) is 12.6 Å².